The third kappa shape index (κ3) is 7.47. The molecule has 1 aromatic carbocycles. The van der Waals surface area contributed by atoms with Crippen LogP contribution in [0.1, 0.15) is 29.7 Å². The molecule has 1 aromatic heterocycles. The summed E-state index contributed by atoms with van der Waals surface area (Å²) < 4.78 is 0. The lowest BCUT2D eigenvalue weighted by atomic mass is 10.1. The van der Waals surface area contributed by atoms with E-state index < -0.39 is 0 Å². The highest BCUT2D eigenvalue weighted by Gasteiger charge is 2.11. The summed E-state index contributed by atoms with van der Waals surface area (Å²) in [6.07, 6.45) is 2.67. The van der Waals surface area contributed by atoms with Gasteiger partial charge in [-0.3, -0.25) is 9.89 Å². The van der Waals surface area contributed by atoms with Gasteiger partial charge in [-0.25, -0.2) is 4.98 Å². The first-order valence-electron chi connectivity index (χ1n) is 10.0. The van der Waals surface area contributed by atoms with Crippen LogP contribution in [0.2, 0.25) is 0 Å². The number of guanidine groups is 1. The number of anilines is 1. The van der Waals surface area contributed by atoms with Gasteiger partial charge in [0.1, 0.15) is 5.82 Å². The zero-order valence-electron chi connectivity index (χ0n) is 17.7. The topological polar surface area (TPSA) is 55.8 Å². The lowest BCUT2D eigenvalue weighted by Crippen LogP contribution is -2.36. The Morgan fingerprint density at radius 2 is 1.66 bits per heavy atom. The Bertz CT molecular complexity index is 769. The van der Waals surface area contributed by atoms with Crippen LogP contribution in [0.3, 0.4) is 0 Å². The summed E-state index contributed by atoms with van der Waals surface area (Å²) in [7, 11) is 5.78. The van der Waals surface area contributed by atoms with E-state index >= 15 is 0 Å². The molecule has 158 valence electrons. The van der Waals surface area contributed by atoms with Gasteiger partial charge in [0.15, 0.2) is 5.96 Å². The van der Waals surface area contributed by atoms with Crippen LogP contribution in [0.4, 0.5) is 5.82 Å². The summed E-state index contributed by atoms with van der Waals surface area (Å²) in [5.74, 6) is 1.73. The minimum absolute atomic E-state index is 0. The van der Waals surface area contributed by atoms with Crippen molar-refractivity contribution in [3.63, 3.8) is 0 Å². The Morgan fingerprint density at radius 3 is 2.31 bits per heavy atom. The fraction of sp³-hybridized carbons (Fsp3) is 0.455. The van der Waals surface area contributed by atoms with E-state index in [1.54, 1.807) is 7.05 Å². The Labute approximate surface area is 191 Å². The molecule has 0 saturated carbocycles. The maximum absolute atomic E-state index is 4.63. The van der Waals surface area contributed by atoms with Crippen molar-refractivity contribution in [2.24, 2.45) is 4.99 Å². The van der Waals surface area contributed by atoms with Crippen molar-refractivity contribution >= 4 is 35.8 Å². The molecule has 0 unspecified atom stereocenters. The van der Waals surface area contributed by atoms with Crippen molar-refractivity contribution in [2.75, 3.05) is 39.1 Å². The number of nitrogens with zero attached hydrogens (tertiary/aromatic N) is 4. The van der Waals surface area contributed by atoms with E-state index in [1.165, 1.54) is 37.1 Å². The SMILES string of the molecule is CN=C(NCc1ccc(CN2CCCC2)cc1)NCc1cccc(N(C)C)n1.I. The van der Waals surface area contributed by atoms with Crippen LogP contribution in [0.15, 0.2) is 47.5 Å². The van der Waals surface area contributed by atoms with Gasteiger partial charge in [0.2, 0.25) is 0 Å². The van der Waals surface area contributed by atoms with Gasteiger partial charge in [-0.05, 0) is 49.2 Å². The maximum Gasteiger partial charge on any atom is 0.191 e. The smallest absolute Gasteiger partial charge is 0.191 e. The molecule has 0 radical (unpaired) electrons. The lowest BCUT2D eigenvalue weighted by molar-refractivity contribution is 0.331. The fourth-order valence-corrected chi connectivity index (χ4v) is 3.36. The molecule has 1 fully saturated rings. The highest BCUT2D eigenvalue weighted by atomic mass is 127. The van der Waals surface area contributed by atoms with E-state index in [0.29, 0.717) is 6.54 Å². The number of halogens is 1. The second kappa shape index (κ2) is 12.0. The number of rotatable bonds is 7. The van der Waals surface area contributed by atoms with Crippen LogP contribution in [0, 0.1) is 0 Å². The van der Waals surface area contributed by atoms with Crippen molar-refractivity contribution in [1.82, 2.24) is 20.5 Å². The molecule has 0 amide bonds. The Kier molecular flexibility index (Phi) is 9.66. The van der Waals surface area contributed by atoms with E-state index in [4.69, 9.17) is 0 Å². The number of benzene rings is 1. The summed E-state index contributed by atoms with van der Waals surface area (Å²) in [4.78, 5) is 13.5. The molecule has 2 aromatic rings. The zero-order chi connectivity index (χ0) is 19.8. The average Bonchev–Trinajstić information content (AvgIpc) is 3.22. The molecule has 2 heterocycles. The molecular weight excluding hydrogens is 475 g/mol. The van der Waals surface area contributed by atoms with Gasteiger partial charge >= 0.3 is 0 Å². The Morgan fingerprint density at radius 1 is 1.00 bits per heavy atom. The molecule has 7 heteroatoms. The molecule has 1 aliphatic rings. The van der Waals surface area contributed by atoms with E-state index in [-0.39, 0.29) is 24.0 Å². The van der Waals surface area contributed by atoms with E-state index in [1.807, 2.05) is 37.2 Å². The molecule has 0 atom stereocenters. The Hall–Kier alpha value is -1.87. The van der Waals surface area contributed by atoms with E-state index in [9.17, 15) is 0 Å². The molecule has 2 N–H and O–H groups in total. The van der Waals surface area contributed by atoms with Crippen LogP contribution < -0.4 is 15.5 Å². The van der Waals surface area contributed by atoms with Gasteiger partial charge in [-0.15, -0.1) is 24.0 Å². The lowest BCUT2D eigenvalue weighted by Gasteiger charge is -2.15. The van der Waals surface area contributed by atoms with Crippen LogP contribution in [-0.2, 0) is 19.6 Å². The van der Waals surface area contributed by atoms with Gasteiger partial charge in [-0.2, -0.15) is 0 Å². The van der Waals surface area contributed by atoms with Crippen molar-refractivity contribution in [2.45, 2.75) is 32.5 Å². The van der Waals surface area contributed by atoms with Gasteiger partial charge < -0.3 is 15.5 Å². The quantitative estimate of drug-likeness (QED) is 0.342. The highest BCUT2D eigenvalue weighted by Crippen LogP contribution is 2.13. The standard InChI is InChI=1S/C22H32N6.HI/c1-23-22(25-16-20-7-6-8-21(26-20)27(2)3)24-15-18-9-11-19(12-10-18)17-28-13-4-5-14-28;/h6-12H,4-5,13-17H2,1-3H3,(H2,23,24,25);1H. The van der Waals surface area contributed by atoms with Gasteiger partial charge in [-0.1, -0.05) is 30.3 Å². The summed E-state index contributed by atoms with van der Waals surface area (Å²) in [5, 5.41) is 6.71. The molecule has 6 nitrogen and oxygen atoms in total. The van der Waals surface area contributed by atoms with Crippen molar-refractivity contribution in [3.05, 3.63) is 59.3 Å². The predicted octanol–water partition coefficient (Wildman–Crippen LogP) is 3.23. The molecule has 1 saturated heterocycles. The van der Waals surface area contributed by atoms with Crippen LogP contribution in [0.5, 0.6) is 0 Å². The number of hydrogen-bond acceptors (Lipinski definition) is 4. The summed E-state index contributed by atoms with van der Waals surface area (Å²) in [5.41, 5.74) is 3.63. The van der Waals surface area contributed by atoms with Gasteiger partial charge in [0.25, 0.3) is 0 Å². The zero-order valence-corrected chi connectivity index (χ0v) is 20.0. The first-order chi connectivity index (χ1) is 13.6. The third-order valence-corrected chi connectivity index (χ3v) is 5.00. The number of likely N-dealkylation sites (tertiary alicyclic amines) is 1. The van der Waals surface area contributed by atoms with E-state index in [2.05, 4.69) is 49.8 Å². The summed E-state index contributed by atoms with van der Waals surface area (Å²) in [6.45, 7) is 4.91. The molecule has 1 aliphatic heterocycles. The van der Waals surface area contributed by atoms with Crippen LogP contribution >= 0.6 is 24.0 Å². The van der Waals surface area contributed by atoms with E-state index in [0.717, 1.165) is 30.6 Å². The highest BCUT2D eigenvalue weighted by molar-refractivity contribution is 14.0. The summed E-state index contributed by atoms with van der Waals surface area (Å²) >= 11 is 0. The Balaban J connectivity index is 0.00000300. The second-order valence-electron chi connectivity index (χ2n) is 7.46. The summed E-state index contributed by atoms with van der Waals surface area (Å²) in [6, 6.07) is 14.9. The third-order valence-electron chi connectivity index (χ3n) is 5.00. The maximum atomic E-state index is 4.63. The molecule has 0 spiro atoms. The van der Waals surface area contributed by atoms with Crippen molar-refractivity contribution < 1.29 is 0 Å². The normalized spacial score (nSPS) is 14.4. The van der Waals surface area contributed by atoms with Crippen molar-refractivity contribution in [1.29, 1.82) is 0 Å². The molecule has 29 heavy (non-hydrogen) atoms. The number of aliphatic imine (C=N–C) groups is 1. The van der Waals surface area contributed by atoms with Crippen molar-refractivity contribution in [3.8, 4) is 0 Å². The predicted molar refractivity (Wildman–Crippen MR) is 132 cm³/mol. The molecular formula is C22H33IN6. The average molecular weight is 508 g/mol. The van der Waals surface area contributed by atoms with Crippen LogP contribution in [0.25, 0.3) is 0 Å². The van der Waals surface area contributed by atoms with Gasteiger partial charge in [0, 0.05) is 34.2 Å². The molecule has 0 aliphatic carbocycles. The minimum atomic E-state index is 0. The van der Waals surface area contributed by atoms with Crippen LogP contribution in [-0.4, -0.2) is 50.1 Å². The minimum Gasteiger partial charge on any atom is -0.363 e. The van der Waals surface area contributed by atoms with Gasteiger partial charge in [0.05, 0.1) is 12.2 Å². The first kappa shape index (κ1) is 23.4. The molecule has 0 bridgehead atoms. The fourth-order valence-electron chi connectivity index (χ4n) is 3.36. The largest absolute Gasteiger partial charge is 0.363 e. The number of nitrogens with one attached hydrogen (secondary N) is 2. The second-order valence-corrected chi connectivity index (χ2v) is 7.46. The first-order valence-corrected chi connectivity index (χ1v) is 10.0. The molecule has 3 rings (SSSR count). The monoisotopic (exact) mass is 508 g/mol. The number of pyridine rings is 1. The number of hydrogen-bond donors (Lipinski definition) is 2. The number of aromatic nitrogens is 1.